The largest absolute Gasteiger partial charge is 0.419 e. The van der Waals surface area contributed by atoms with Crippen LogP contribution in [0.1, 0.15) is 30.9 Å². The second-order valence-corrected chi connectivity index (χ2v) is 9.40. The molecule has 0 N–H and O–H groups in total. The Hall–Kier alpha value is -2.49. The van der Waals surface area contributed by atoms with Gasteiger partial charge in [0.1, 0.15) is 0 Å². The fourth-order valence-electron chi connectivity index (χ4n) is 3.50. The third kappa shape index (κ3) is 3.80. The van der Waals surface area contributed by atoms with Gasteiger partial charge in [-0.1, -0.05) is 30.0 Å². The van der Waals surface area contributed by atoms with E-state index in [1.54, 1.807) is 15.9 Å². The summed E-state index contributed by atoms with van der Waals surface area (Å²) in [6, 6.07) is 11.3. The van der Waals surface area contributed by atoms with E-state index in [1.807, 2.05) is 48.7 Å². The molecule has 1 aliphatic heterocycles. The summed E-state index contributed by atoms with van der Waals surface area (Å²) in [4.78, 5) is 18.9. The number of para-hydroxylation sites is 1. The van der Waals surface area contributed by atoms with Gasteiger partial charge in [-0.3, -0.25) is 9.36 Å². The third-order valence-corrected chi connectivity index (χ3v) is 6.97. The highest BCUT2D eigenvalue weighted by Crippen LogP contribution is 2.35. The lowest BCUT2D eigenvalue weighted by Gasteiger charge is -2.17. The van der Waals surface area contributed by atoms with Crippen molar-refractivity contribution in [3.05, 3.63) is 58.0 Å². The van der Waals surface area contributed by atoms with Gasteiger partial charge < -0.3 is 9.15 Å². The topological polar surface area (TPSA) is 83.0 Å². The minimum absolute atomic E-state index is 0.0363. The van der Waals surface area contributed by atoms with E-state index in [0.29, 0.717) is 34.4 Å². The lowest BCUT2D eigenvalue weighted by molar-refractivity contribution is 0.0937. The Labute approximate surface area is 181 Å². The smallest absolute Gasteiger partial charge is 0.262 e. The number of hydrogen-bond acceptors (Lipinski definition) is 8. The minimum Gasteiger partial charge on any atom is -0.419 e. The van der Waals surface area contributed by atoms with Gasteiger partial charge in [0.05, 0.1) is 33.7 Å². The normalized spacial score (nSPS) is 17.6. The zero-order valence-corrected chi connectivity index (χ0v) is 18.0. The number of hydrogen-bond donors (Lipinski definition) is 0. The van der Waals surface area contributed by atoms with Crippen molar-refractivity contribution in [3.63, 3.8) is 0 Å². The Balaban J connectivity index is 1.48. The molecule has 5 rings (SSSR count). The van der Waals surface area contributed by atoms with Crippen molar-refractivity contribution in [2.24, 2.45) is 0 Å². The summed E-state index contributed by atoms with van der Waals surface area (Å²) in [6.07, 6.45) is 2.01. The molecule has 0 amide bonds. The van der Waals surface area contributed by atoms with Gasteiger partial charge in [0.2, 0.25) is 5.89 Å². The monoisotopic (exact) mass is 440 g/mol. The van der Waals surface area contributed by atoms with E-state index < -0.39 is 0 Å². The summed E-state index contributed by atoms with van der Waals surface area (Å²) in [6.45, 7) is 3.22. The van der Waals surface area contributed by atoms with Crippen molar-refractivity contribution in [3.8, 4) is 10.8 Å². The molecule has 0 spiro atoms. The molecular weight excluding hydrogens is 420 g/mol. The SMILES string of the molecule is C[C@@H](Sc1nc2ccccc2c(=O)n1C[C@@H]1CCCO1)c1nnc(-c2cccs2)o1. The Morgan fingerprint density at radius 1 is 1.27 bits per heavy atom. The second kappa shape index (κ2) is 8.33. The highest BCUT2D eigenvalue weighted by atomic mass is 32.2. The number of rotatable bonds is 6. The molecule has 0 radical (unpaired) electrons. The van der Waals surface area contributed by atoms with Crippen LogP contribution in [0.15, 0.2) is 56.1 Å². The molecule has 1 saturated heterocycles. The second-order valence-electron chi connectivity index (χ2n) is 7.15. The van der Waals surface area contributed by atoms with E-state index in [0.717, 1.165) is 24.3 Å². The number of fused-ring (bicyclic) bond motifs is 1. The molecule has 9 heteroatoms. The first-order valence-corrected chi connectivity index (χ1v) is 11.6. The van der Waals surface area contributed by atoms with Crippen molar-refractivity contribution in [2.45, 2.75) is 42.8 Å². The van der Waals surface area contributed by atoms with Gasteiger partial charge in [-0.25, -0.2) is 4.98 Å². The molecule has 2 atom stereocenters. The van der Waals surface area contributed by atoms with Crippen molar-refractivity contribution < 1.29 is 9.15 Å². The third-order valence-electron chi connectivity index (χ3n) is 5.04. The maximum atomic E-state index is 13.2. The van der Waals surface area contributed by atoms with Gasteiger partial charge in [0, 0.05) is 6.61 Å². The van der Waals surface area contributed by atoms with E-state index in [4.69, 9.17) is 14.1 Å². The molecule has 3 aromatic heterocycles. The van der Waals surface area contributed by atoms with Crippen molar-refractivity contribution in [2.75, 3.05) is 6.61 Å². The van der Waals surface area contributed by atoms with E-state index in [9.17, 15) is 4.79 Å². The van der Waals surface area contributed by atoms with Crippen LogP contribution in [0.25, 0.3) is 21.7 Å². The zero-order chi connectivity index (χ0) is 20.5. The highest BCUT2D eigenvalue weighted by Gasteiger charge is 2.23. The average molecular weight is 441 g/mol. The van der Waals surface area contributed by atoms with Crippen molar-refractivity contribution >= 4 is 34.0 Å². The molecule has 0 saturated carbocycles. The van der Waals surface area contributed by atoms with Gasteiger partial charge in [0.25, 0.3) is 11.4 Å². The molecule has 7 nitrogen and oxygen atoms in total. The molecule has 1 fully saturated rings. The molecule has 4 heterocycles. The summed E-state index contributed by atoms with van der Waals surface area (Å²) in [7, 11) is 0. The zero-order valence-electron chi connectivity index (χ0n) is 16.4. The molecule has 4 aromatic rings. The quantitative estimate of drug-likeness (QED) is 0.321. The van der Waals surface area contributed by atoms with E-state index in [-0.39, 0.29) is 16.9 Å². The number of ether oxygens (including phenoxy) is 1. The predicted molar refractivity (Wildman–Crippen MR) is 117 cm³/mol. The summed E-state index contributed by atoms with van der Waals surface area (Å²) >= 11 is 3.00. The first kappa shape index (κ1) is 19.5. The van der Waals surface area contributed by atoms with Crippen LogP contribution in [0.2, 0.25) is 0 Å². The summed E-state index contributed by atoms with van der Waals surface area (Å²) < 4.78 is 13.4. The maximum absolute atomic E-state index is 13.2. The fraction of sp³-hybridized carbons (Fsp3) is 0.333. The van der Waals surface area contributed by atoms with Gasteiger partial charge in [0.15, 0.2) is 5.16 Å². The van der Waals surface area contributed by atoms with Crippen LogP contribution in [0.3, 0.4) is 0 Å². The van der Waals surface area contributed by atoms with Crippen molar-refractivity contribution in [1.82, 2.24) is 19.7 Å². The molecule has 154 valence electrons. The molecule has 0 bridgehead atoms. The van der Waals surface area contributed by atoms with E-state index in [1.165, 1.54) is 11.8 Å². The van der Waals surface area contributed by atoms with E-state index >= 15 is 0 Å². The predicted octanol–water partition coefficient (Wildman–Crippen LogP) is 4.54. The lowest BCUT2D eigenvalue weighted by atomic mass is 10.2. The Morgan fingerprint density at radius 3 is 2.97 bits per heavy atom. The Morgan fingerprint density at radius 2 is 2.17 bits per heavy atom. The van der Waals surface area contributed by atoms with Crippen LogP contribution in [0.4, 0.5) is 0 Å². The number of benzene rings is 1. The van der Waals surface area contributed by atoms with Crippen LogP contribution >= 0.6 is 23.1 Å². The Kier molecular flexibility index (Phi) is 5.41. The van der Waals surface area contributed by atoms with Gasteiger partial charge >= 0.3 is 0 Å². The first-order valence-electron chi connectivity index (χ1n) is 9.84. The molecular formula is C21H20N4O3S2. The lowest BCUT2D eigenvalue weighted by Crippen LogP contribution is -2.29. The number of nitrogens with zero attached hydrogens (tertiary/aromatic N) is 4. The van der Waals surface area contributed by atoms with Crippen LogP contribution in [-0.4, -0.2) is 32.5 Å². The van der Waals surface area contributed by atoms with Gasteiger partial charge in [-0.15, -0.1) is 21.5 Å². The standard InChI is InChI=1S/C21H20N4O3S2/c1-13(18-23-24-19(28-18)17-9-5-11-29-17)30-21-22-16-8-3-2-7-15(16)20(26)25(21)12-14-6-4-10-27-14/h2-3,5,7-9,11,13-14H,4,6,10,12H2,1H3/t13-,14+/m1/s1. The summed E-state index contributed by atoms with van der Waals surface area (Å²) in [5.74, 6) is 1.02. The van der Waals surface area contributed by atoms with Crippen LogP contribution < -0.4 is 5.56 Å². The van der Waals surface area contributed by atoms with Crippen LogP contribution in [0, 0.1) is 0 Å². The molecule has 1 aliphatic rings. The number of thiophene rings is 1. The summed E-state index contributed by atoms with van der Waals surface area (Å²) in [5, 5.41) is 11.4. The summed E-state index contributed by atoms with van der Waals surface area (Å²) in [5.41, 5.74) is 0.640. The minimum atomic E-state index is -0.157. The number of aromatic nitrogens is 4. The maximum Gasteiger partial charge on any atom is 0.262 e. The number of thioether (sulfide) groups is 1. The average Bonchev–Trinajstić information content (AvgIpc) is 3.53. The first-order chi connectivity index (χ1) is 14.7. The Bertz CT molecular complexity index is 1210. The molecule has 1 aromatic carbocycles. The fourth-order valence-corrected chi connectivity index (χ4v) is 5.09. The van der Waals surface area contributed by atoms with Crippen LogP contribution in [0.5, 0.6) is 0 Å². The molecule has 30 heavy (non-hydrogen) atoms. The van der Waals surface area contributed by atoms with Crippen molar-refractivity contribution in [1.29, 1.82) is 0 Å². The molecule has 0 unspecified atom stereocenters. The van der Waals surface area contributed by atoms with Crippen LogP contribution in [-0.2, 0) is 11.3 Å². The van der Waals surface area contributed by atoms with Gasteiger partial charge in [-0.05, 0) is 43.3 Å². The molecule has 0 aliphatic carbocycles. The van der Waals surface area contributed by atoms with E-state index in [2.05, 4.69) is 10.2 Å². The van der Waals surface area contributed by atoms with Gasteiger partial charge in [-0.2, -0.15) is 0 Å². The highest BCUT2D eigenvalue weighted by molar-refractivity contribution is 7.99.